The SMILES string of the molecule is CCc1cc(CNC(=O)NCc2cccnc2OC)[nH]n1. The Morgan fingerprint density at radius 3 is 2.90 bits per heavy atom. The van der Waals surface area contributed by atoms with Crippen molar-refractivity contribution in [1.82, 2.24) is 25.8 Å². The van der Waals surface area contributed by atoms with Crippen molar-refractivity contribution < 1.29 is 9.53 Å². The predicted octanol–water partition coefficient (Wildman–Crippen LogP) is 1.38. The molecule has 2 heterocycles. The monoisotopic (exact) mass is 289 g/mol. The van der Waals surface area contributed by atoms with Gasteiger partial charge in [0.05, 0.1) is 25.0 Å². The van der Waals surface area contributed by atoms with Crippen LogP contribution in [0.15, 0.2) is 24.4 Å². The zero-order valence-electron chi connectivity index (χ0n) is 12.1. The third-order valence-corrected chi connectivity index (χ3v) is 2.97. The maximum absolute atomic E-state index is 11.7. The lowest BCUT2D eigenvalue weighted by Gasteiger charge is -2.09. The Morgan fingerprint density at radius 1 is 1.38 bits per heavy atom. The van der Waals surface area contributed by atoms with Gasteiger partial charge in [0, 0.05) is 18.3 Å². The van der Waals surface area contributed by atoms with E-state index in [1.54, 1.807) is 19.4 Å². The van der Waals surface area contributed by atoms with Crippen molar-refractivity contribution in [3.05, 3.63) is 41.3 Å². The van der Waals surface area contributed by atoms with Gasteiger partial charge in [-0.3, -0.25) is 5.10 Å². The van der Waals surface area contributed by atoms with Gasteiger partial charge in [-0.2, -0.15) is 5.10 Å². The number of urea groups is 1. The number of methoxy groups -OCH3 is 1. The summed E-state index contributed by atoms with van der Waals surface area (Å²) in [5, 5.41) is 12.5. The fourth-order valence-corrected chi connectivity index (χ4v) is 1.84. The quantitative estimate of drug-likeness (QED) is 0.749. The number of rotatable bonds is 6. The molecular formula is C14H19N5O2. The minimum atomic E-state index is -0.256. The number of hydrogen-bond donors (Lipinski definition) is 3. The maximum atomic E-state index is 11.7. The molecule has 0 aliphatic carbocycles. The van der Waals surface area contributed by atoms with Gasteiger partial charge < -0.3 is 15.4 Å². The van der Waals surface area contributed by atoms with E-state index in [0.717, 1.165) is 23.4 Å². The Hall–Kier alpha value is -2.57. The standard InChI is InChI=1S/C14H19N5O2/c1-3-11-7-12(19-18-11)9-17-14(20)16-8-10-5-4-6-15-13(10)21-2/h4-7H,3,8-9H2,1-2H3,(H,18,19)(H2,16,17,20). The Labute approximate surface area is 123 Å². The molecule has 3 N–H and O–H groups in total. The number of carbonyl (C=O) groups excluding carboxylic acids is 1. The van der Waals surface area contributed by atoms with E-state index >= 15 is 0 Å². The van der Waals surface area contributed by atoms with Crippen molar-refractivity contribution in [2.45, 2.75) is 26.4 Å². The summed E-state index contributed by atoms with van der Waals surface area (Å²) in [6.45, 7) is 2.79. The number of H-pyrrole nitrogens is 1. The van der Waals surface area contributed by atoms with Gasteiger partial charge in [-0.25, -0.2) is 9.78 Å². The van der Waals surface area contributed by atoms with Crippen LogP contribution in [-0.2, 0) is 19.5 Å². The summed E-state index contributed by atoms with van der Waals surface area (Å²) in [6.07, 6.45) is 2.51. The smallest absolute Gasteiger partial charge is 0.315 e. The van der Waals surface area contributed by atoms with Crippen molar-refractivity contribution in [1.29, 1.82) is 0 Å². The van der Waals surface area contributed by atoms with E-state index in [1.807, 2.05) is 19.1 Å². The molecule has 0 saturated heterocycles. The van der Waals surface area contributed by atoms with Crippen molar-refractivity contribution in [2.24, 2.45) is 0 Å². The molecule has 0 unspecified atom stereocenters. The van der Waals surface area contributed by atoms with E-state index in [-0.39, 0.29) is 6.03 Å². The van der Waals surface area contributed by atoms with Crippen LogP contribution in [0.25, 0.3) is 0 Å². The van der Waals surface area contributed by atoms with Crippen LogP contribution >= 0.6 is 0 Å². The molecule has 2 amide bonds. The Morgan fingerprint density at radius 2 is 2.19 bits per heavy atom. The summed E-state index contributed by atoms with van der Waals surface area (Å²) in [4.78, 5) is 15.8. The lowest BCUT2D eigenvalue weighted by molar-refractivity contribution is 0.240. The molecule has 0 bridgehead atoms. The summed E-state index contributed by atoms with van der Waals surface area (Å²) in [7, 11) is 1.55. The Bertz CT molecular complexity index is 597. The average Bonchev–Trinajstić information content (AvgIpc) is 2.99. The third kappa shape index (κ3) is 4.20. The summed E-state index contributed by atoms with van der Waals surface area (Å²) in [5.41, 5.74) is 2.68. The number of ether oxygens (including phenoxy) is 1. The molecule has 2 rings (SSSR count). The highest BCUT2D eigenvalue weighted by atomic mass is 16.5. The lowest BCUT2D eigenvalue weighted by Crippen LogP contribution is -2.34. The summed E-state index contributed by atoms with van der Waals surface area (Å²) >= 11 is 0. The molecule has 0 spiro atoms. The van der Waals surface area contributed by atoms with Crippen LogP contribution in [0, 0.1) is 0 Å². The summed E-state index contributed by atoms with van der Waals surface area (Å²) in [5.74, 6) is 0.513. The number of nitrogens with one attached hydrogen (secondary N) is 3. The zero-order chi connectivity index (χ0) is 15.1. The Balaban J connectivity index is 1.79. The number of aromatic nitrogens is 3. The molecule has 0 saturated carbocycles. The van der Waals surface area contributed by atoms with E-state index < -0.39 is 0 Å². The molecule has 7 nitrogen and oxygen atoms in total. The minimum absolute atomic E-state index is 0.256. The number of aromatic amines is 1. The van der Waals surface area contributed by atoms with Crippen LogP contribution in [0.3, 0.4) is 0 Å². The molecule has 0 aromatic carbocycles. The van der Waals surface area contributed by atoms with E-state index in [0.29, 0.717) is 19.0 Å². The van der Waals surface area contributed by atoms with Gasteiger partial charge in [0.15, 0.2) is 0 Å². The highest BCUT2D eigenvalue weighted by Gasteiger charge is 2.06. The van der Waals surface area contributed by atoms with Gasteiger partial charge in [-0.15, -0.1) is 0 Å². The topological polar surface area (TPSA) is 91.9 Å². The first kappa shape index (κ1) is 14.8. The molecule has 0 fully saturated rings. The zero-order valence-corrected chi connectivity index (χ0v) is 12.1. The summed E-state index contributed by atoms with van der Waals surface area (Å²) < 4.78 is 5.13. The average molecular weight is 289 g/mol. The van der Waals surface area contributed by atoms with Crippen LogP contribution in [0.4, 0.5) is 4.79 Å². The molecule has 7 heteroatoms. The van der Waals surface area contributed by atoms with Gasteiger partial charge in [0.2, 0.25) is 5.88 Å². The van der Waals surface area contributed by atoms with Gasteiger partial charge >= 0.3 is 6.03 Å². The molecule has 112 valence electrons. The first-order valence-electron chi connectivity index (χ1n) is 6.75. The van der Waals surface area contributed by atoms with Crippen LogP contribution in [0.2, 0.25) is 0 Å². The molecule has 2 aromatic rings. The second-order valence-corrected chi connectivity index (χ2v) is 4.45. The van der Waals surface area contributed by atoms with E-state index in [4.69, 9.17) is 4.74 Å². The normalized spacial score (nSPS) is 10.2. The number of pyridine rings is 1. The van der Waals surface area contributed by atoms with Crippen molar-refractivity contribution in [2.75, 3.05) is 7.11 Å². The highest BCUT2D eigenvalue weighted by Crippen LogP contribution is 2.12. The molecular weight excluding hydrogens is 270 g/mol. The molecule has 0 atom stereocenters. The molecule has 21 heavy (non-hydrogen) atoms. The third-order valence-electron chi connectivity index (χ3n) is 2.97. The molecule has 2 aromatic heterocycles. The van der Waals surface area contributed by atoms with Gasteiger partial charge in [-0.05, 0) is 18.6 Å². The second kappa shape index (κ2) is 7.28. The molecule has 0 aliphatic rings. The van der Waals surface area contributed by atoms with Gasteiger partial charge in [0.1, 0.15) is 0 Å². The van der Waals surface area contributed by atoms with Crippen molar-refractivity contribution >= 4 is 6.03 Å². The van der Waals surface area contributed by atoms with E-state index in [9.17, 15) is 4.79 Å². The van der Waals surface area contributed by atoms with E-state index in [1.165, 1.54) is 0 Å². The van der Waals surface area contributed by atoms with Crippen LogP contribution in [-0.4, -0.2) is 28.3 Å². The fraction of sp³-hybridized carbons (Fsp3) is 0.357. The van der Waals surface area contributed by atoms with Crippen LogP contribution < -0.4 is 15.4 Å². The first-order chi connectivity index (χ1) is 10.2. The Kier molecular flexibility index (Phi) is 5.14. The number of hydrogen-bond acceptors (Lipinski definition) is 4. The number of carbonyl (C=O) groups is 1. The first-order valence-corrected chi connectivity index (χ1v) is 6.75. The number of nitrogens with zero attached hydrogens (tertiary/aromatic N) is 2. The van der Waals surface area contributed by atoms with Crippen molar-refractivity contribution in [3.63, 3.8) is 0 Å². The number of amides is 2. The van der Waals surface area contributed by atoms with E-state index in [2.05, 4.69) is 25.8 Å². The highest BCUT2D eigenvalue weighted by molar-refractivity contribution is 5.73. The molecule has 0 aliphatic heterocycles. The maximum Gasteiger partial charge on any atom is 0.315 e. The van der Waals surface area contributed by atoms with Gasteiger partial charge in [0.25, 0.3) is 0 Å². The van der Waals surface area contributed by atoms with Crippen molar-refractivity contribution in [3.8, 4) is 5.88 Å². The minimum Gasteiger partial charge on any atom is -0.481 e. The predicted molar refractivity (Wildman–Crippen MR) is 77.8 cm³/mol. The van der Waals surface area contributed by atoms with Crippen LogP contribution in [0.5, 0.6) is 5.88 Å². The lowest BCUT2D eigenvalue weighted by atomic mass is 10.2. The second-order valence-electron chi connectivity index (χ2n) is 4.45. The molecule has 0 radical (unpaired) electrons. The summed E-state index contributed by atoms with van der Waals surface area (Å²) in [6, 6.07) is 5.33. The largest absolute Gasteiger partial charge is 0.481 e. The van der Waals surface area contributed by atoms with Gasteiger partial charge in [-0.1, -0.05) is 13.0 Å². The van der Waals surface area contributed by atoms with Crippen LogP contribution in [0.1, 0.15) is 23.9 Å². The fourth-order valence-electron chi connectivity index (χ4n) is 1.84. The number of aryl methyl sites for hydroxylation is 1.